The van der Waals surface area contributed by atoms with Crippen LogP contribution in [0, 0.1) is 13.8 Å². The maximum atomic E-state index is 13.9. The molecule has 42 heavy (non-hydrogen) atoms. The van der Waals surface area contributed by atoms with Crippen molar-refractivity contribution in [1.82, 2.24) is 10.0 Å². The zero-order valence-corrected chi connectivity index (χ0v) is 24.5. The molecule has 10 nitrogen and oxygen atoms in total. The second kappa shape index (κ2) is 10.8. The van der Waals surface area contributed by atoms with Gasteiger partial charge in [0.1, 0.15) is 12.3 Å². The molecule has 3 amide bonds. The van der Waals surface area contributed by atoms with Crippen LogP contribution in [0.4, 0.5) is 5.69 Å². The molecule has 1 fully saturated rings. The molecule has 0 N–H and O–H groups in total. The number of hydrazone groups is 1. The number of rotatable bonds is 6. The van der Waals surface area contributed by atoms with Crippen LogP contribution in [0.3, 0.4) is 0 Å². The normalized spacial score (nSPS) is 21.3. The van der Waals surface area contributed by atoms with Crippen molar-refractivity contribution in [3.05, 3.63) is 93.0 Å². The number of imide groups is 1. The van der Waals surface area contributed by atoms with Crippen LogP contribution in [0.1, 0.15) is 34.7 Å². The third-order valence-electron chi connectivity index (χ3n) is 7.68. The van der Waals surface area contributed by atoms with Gasteiger partial charge in [-0.05, 0) is 49.2 Å². The number of aryl methyl sites for hydroxylation is 2. The van der Waals surface area contributed by atoms with Crippen LogP contribution in [0.15, 0.2) is 76.1 Å². The molecule has 3 aromatic rings. The second-order valence-electron chi connectivity index (χ2n) is 10.4. The number of fused-ring (bicyclic) bond motifs is 1. The summed E-state index contributed by atoms with van der Waals surface area (Å²) in [6, 6.07) is 15.7. The maximum absolute atomic E-state index is 13.9. The van der Waals surface area contributed by atoms with Gasteiger partial charge in [-0.25, -0.2) is 9.91 Å². The summed E-state index contributed by atoms with van der Waals surface area (Å²) in [5, 5.41) is 15.8. The molecular formula is C30H26Cl2N6O4. The van der Waals surface area contributed by atoms with Crippen molar-refractivity contribution in [1.29, 1.82) is 0 Å². The summed E-state index contributed by atoms with van der Waals surface area (Å²) in [5.41, 5.74) is 4.88. The van der Waals surface area contributed by atoms with Crippen LogP contribution >= 0.6 is 23.2 Å². The van der Waals surface area contributed by atoms with Gasteiger partial charge in [0.2, 0.25) is 0 Å². The lowest BCUT2D eigenvalue weighted by Crippen LogP contribution is -2.44. The van der Waals surface area contributed by atoms with Gasteiger partial charge >= 0.3 is 0 Å². The minimum absolute atomic E-state index is 0.0912. The molecule has 0 saturated carbocycles. The first-order valence-electron chi connectivity index (χ1n) is 13.3. The number of halogens is 2. The number of nitrogens with zero attached hydrogens (tertiary/aromatic N) is 6. The van der Waals surface area contributed by atoms with Gasteiger partial charge in [-0.2, -0.15) is 10.2 Å². The van der Waals surface area contributed by atoms with E-state index in [1.807, 2.05) is 50.2 Å². The number of hydrogen-bond donors (Lipinski definition) is 0. The Hall–Kier alpha value is -4.28. The van der Waals surface area contributed by atoms with Crippen LogP contribution in [0.5, 0.6) is 5.75 Å². The Labute approximate surface area is 252 Å². The van der Waals surface area contributed by atoms with Gasteiger partial charge in [-0.15, -0.1) is 0 Å². The van der Waals surface area contributed by atoms with Crippen molar-refractivity contribution in [2.45, 2.75) is 38.4 Å². The van der Waals surface area contributed by atoms with E-state index in [4.69, 9.17) is 33.0 Å². The van der Waals surface area contributed by atoms with E-state index >= 15 is 0 Å². The van der Waals surface area contributed by atoms with Gasteiger partial charge in [0.05, 0.1) is 34.6 Å². The number of hydrogen-bond acceptors (Lipinski definition) is 8. The SMILES string of the molecule is COc1ccc([C@@H]2CC(c3ccc(C)cc3C)=NN2C(=O)CN2N=N[C@@H]3C(=O)N(c4c(Cl)cccc4Cl)C(=O)[C@H]32)cc1. The van der Waals surface area contributed by atoms with E-state index in [2.05, 4.69) is 16.4 Å². The Bertz CT molecular complexity index is 1650. The van der Waals surface area contributed by atoms with E-state index in [1.165, 1.54) is 22.2 Å². The molecule has 6 rings (SSSR count). The highest BCUT2D eigenvalue weighted by molar-refractivity contribution is 6.42. The Morgan fingerprint density at radius 2 is 1.71 bits per heavy atom. The Morgan fingerprint density at radius 1 is 1.00 bits per heavy atom. The minimum atomic E-state index is -1.11. The van der Waals surface area contributed by atoms with Gasteiger partial charge in [-0.1, -0.05) is 70.4 Å². The number of para-hydroxylation sites is 1. The first kappa shape index (κ1) is 27.9. The number of carbonyl (C=O) groups excluding carboxylic acids is 3. The zero-order valence-electron chi connectivity index (χ0n) is 23.0. The van der Waals surface area contributed by atoms with Crippen molar-refractivity contribution in [2.75, 3.05) is 18.6 Å². The number of amides is 3. The van der Waals surface area contributed by atoms with Crippen LogP contribution in [-0.4, -0.2) is 59.2 Å². The Kier molecular flexibility index (Phi) is 7.20. The van der Waals surface area contributed by atoms with Gasteiger partial charge < -0.3 is 4.74 Å². The van der Waals surface area contributed by atoms with Crippen molar-refractivity contribution < 1.29 is 19.1 Å². The van der Waals surface area contributed by atoms with E-state index in [9.17, 15) is 14.4 Å². The van der Waals surface area contributed by atoms with E-state index < -0.39 is 35.8 Å². The molecule has 214 valence electrons. The summed E-state index contributed by atoms with van der Waals surface area (Å²) in [7, 11) is 1.59. The summed E-state index contributed by atoms with van der Waals surface area (Å²) in [4.78, 5) is 41.5. The zero-order chi connectivity index (χ0) is 29.7. The Balaban J connectivity index is 1.29. The minimum Gasteiger partial charge on any atom is -0.497 e. The average Bonchev–Trinajstić information content (AvgIpc) is 3.65. The summed E-state index contributed by atoms with van der Waals surface area (Å²) in [6.07, 6.45) is 0.492. The fourth-order valence-electron chi connectivity index (χ4n) is 5.61. The molecule has 12 heteroatoms. The molecule has 3 aromatic carbocycles. The third kappa shape index (κ3) is 4.70. The molecule has 0 aliphatic carbocycles. The first-order chi connectivity index (χ1) is 20.2. The molecule has 3 aliphatic heterocycles. The van der Waals surface area contributed by atoms with E-state index in [0.717, 1.165) is 32.9 Å². The summed E-state index contributed by atoms with van der Waals surface area (Å²) in [6.45, 7) is 3.73. The van der Waals surface area contributed by atoms with Gasteiger partial charge in [0.15, 0.2) is 12.1 Å². The van der Waals surface area contributed by atoms with Gasteiger partial charge in [0.25, 0.3) is 17.7 Å². The van der Waals surface area contributed by atoms with Crippen molar-refractivity contribution in [2.24, 2.45) is 15.4 Å². The van der Waals surface area contributed by atoms with E-state index in [-0.39, 0.29) is 22.3 Å². The van der Waals surface area contributed by atoms with Crippen molar-refractivity contribution in [3.8, 4) is 5.75 Å². The number of carbonyl (C=O) groups is 3. The fourth-order valence-corrected chi connectivity index (χ4v) is 6.18. The van der Waals surface area contributed by atoms with E-state index in [1.54, 1.807) is 13.2 Å². The Morgan fingerprint density at radius 3 is 2.38 bits per heavy atom. The van der Waals surface area contributed by atoms with Crippen molar-refractivity contribution in [3.63, 3.8) is 0 Å². The van der Waals surface area contributed by atoms with Crippen LogP contribution in [0.25, 0.3) is 0 Å². The highest BCUT2D eigenvalue weighted by Crippen LogP contribution is 2.40. The molecule has 3 aliphatic rings. The number of ether oxygens (including phenoxy) is 1. The molecule has 0 radical (unpaired) electrons. The molecule has 0 unspecified atom stereocenters. The molecular weight excluding hydrogens is 579 g/mol. The van der Waals surface area contributed by atoms with Gasteiger partial charge in [0, 0.05) is 12.0 Å². The number of methoxy groups -OCH3 is 1. The first-order valence-corrected chi connectivity index (χ1v) is 14.0. The van der Waals surface area contributed by atoms with Crippen LogP contribution in [-0.2, 0) is 14.4 Å². The summed E-state index contributed by atoms with van der Waals surface area (Å²) >= 11 is 12.6. The van der Waals surface area contributed by atoms with E-state index in [0.29, 0.717) is 12.2 Å². The molecule has 3 heterocycles. The second-order valence-corrected chi connectivity index (χ2v) is 11.2. The molecule has 0 aromatic heterocycles. The highest BCUT2D eigenvalue weighted by atomic mass is 35.5. The predicted molar refractivity (Wildman–Crippen MR) is 158 cm³/mol. The summed E-state index contributed by atoms with van der Waals surface area (Å²) < 4.78 is 5.31. The molecule has 0 bridgehead atoms. The average molecular weight is 605 g/mol. The standard InChI is InChI=1S/C30H26Cl2N6O4/c1-16-7-12-20(17(2)13-16)23-14-24(18-8-10-19(42-3)11-9-18)38(34-23)25(39)15-36-28-26(33-35-36)29(40)37(30(28)41)27-21(31)5-4-6-22(27)32/h4-13,24,26,28H,14-15H2,1-3H3/t24-,26-,28-/m0/s1. The largest absolute Gasteiger partial charge is 0.497 e. The number of anilines is 1. The van der Waals surface area contributed by atoms with Crippen LogP contribution < -0.4 is 9.64 Å². The maximum Gasteiger partial charge on any atom is 0.264 e. The third-order valence-corrected chi connectivity index (χ3v) is 8.29. The molecule has 0 spiro atoms. The van der Waals surface area contributed by atoms with Gasteiger partial charge in [-0.3, -0.25) is 19.4 Å². The van der Waals surface area contributed by atoms with Crippen LogP contribution in [0.2, 0.25) is 10.0 Å². The lowest BCUT2D eigenvalue weighted by atomic mass is 9.95. The lowest BCUT2D eigenvalue weighted by molar-refractivity contribution is -0.135. The lowest BCUT2D eigenvalue weighted by Gasteiger charge is -2.26. The highest BCUT2D eigenvalue weighted by Gasteiger charge is 2.56. The topological polar surface area (TPSA) is 107 Å². The summed E-state index contributed by atoms with van der Waals surface area (Å²) in [5.74, 6) is -0.914. The number of benzene rings is 3. The molecule has 3 atom stereocenters. The fraction of sp³-hybridized carbons (Fsp3) is 0.267. The predicted octanol–water partition coefficient (Wildman–Crippen LogP) is 5.29. The monoisotopic (exact) mass is 604 g/mol. The quantitative estimate of drug-likeness (QED) is 0.355. The smallest absolute Gasteiger partial charge is 0.264 e. The van der Waals surface area contributed by atoms with Crippen molar-refractivity contribution >= 4 is 52.3 Å². The molecule has 1 saturated heterocycles.